The second-order valence-electron chi connectivity index (χ2n) is 6.47. The van der Waals surface area contributed by atoms with Gasteiger partial charge in [-0.25, -0.2) is 0 Å². The molecule has 0 aromatic carbocycles. The van der Waals surface area contributed by atoms with Crippen molar-refractivity contribution in [3.05, 3.63) is 0 Å². The van der Waals surface area contributed by atoms with Crippen LogP contribution in [0.4, 0.5) is 0 Å². The summed E-state index contributed by atoms with van der Waals surface area (Å²) in [5.41, 5.74) is -0.231. The highest BCUT2D eigenvalue weighted by Gasteiger charge is 2.50. The van der Waals surface area contributed by atoms with Gasteiger partial charge in [0.25, 0.3) is 0 Å². The average molecular weight is 281 g/mol. The van der Waals surface area contributed by atoms with Crippen LogP contribution in [-0.2, 0) is 9.59 Å². The summed E-state index contributed by atoms with van der Waals surface area (Å²) in [6.45, 7) is 10.4. The van der Waals surface area contributed by atoms with Gasteiger partial charge in [-0.3, -0.25) is 14.9 Å². The monoisotopic (exact) mass is 281 g/mol. The molecule has 1 N–H and O–H groups in total. The number of rotatable bonds is 3. The summed E-state index contributed by atoms with van der Waals surface area (Å²) < 4.78 is 0. The summed E-state index contributed by atoms with van der Waals surface area (Å²) in [4.78, 5) is 28.1. The van der Waals surface area contributed by atoms with E-state index in [1.54, 1.807) is 0 Å². The quantitative estimate of drug-likeness (QED) is 0.845. The third-order valence-corrected chi connectivity index (χ3v) is 4.43. The van der Waals surface area contributed by atoms with Crippen LogP contribution < -0.4 is 5.32 Å². The molecule has 2 rings (SSSR count). The molecule has 0 aromatic rings. The highest BCUT2D eigenvalue weighted by Crippen LogP contribution is 2.33. The van der Waals surface area contributed by atoms with E-state index in [9.17, 15) is 9.59 Å². The minimum absolute atomic E-state index is 0.109. The van der Waals surface area contributed by atoms with Crippen LogP contribution in [0.3, 0.4) is 0 Å². The van der Waals surface area contributed by atoms with E-state index in [0.717, 1.165) is 32.5 Å². The highest BCUT2D eigenvalue weighted by atomic mass is 16.2. The standard InChI is InChI=1S/C15H27N3O2/c1-5-13(19)17-8-6-15(7-9-17)16-12(4)14(20)18(15)10-11(2)3/h11-12,16H,5-10H2,1-4H3. The Balaban J connectivity index is 2.10. The van der Waals surface area contributed by atoms with Crippen LogP contribution in [0.15, 0.2) is 0 Å². The number of hydrogen-bond donors (Lipinski definition) is 1. The van der Waals surface area contributed by atoms with Crippen molar-refractivity contribution in [2.75, 3.05) is 19.6 Å². The van der Waals surface area contributed by atoms with E-state index >= 15 is 0 Å². The first-order valence-corrected chi connectivity index (χ1v) is 7.76. The molecule has 114 valence electrons. The zero-order valence-corrected chi connectivity index (χ0v) is 13.1. The first-order valence-electron chi connectivity index (χ1n) is 7.76. The van der Waals surface area contributed by atoms with Gasteiger partial charge in [0.2, 0.25) is 11.8 Å². The Hall–Kier alpha value is -1.10. The molecule has 20 heavy (non-hydrogen) atoms. The largest absolute Gasteiger partial charge is 0.342 e. The van der Waals surface area contributed by atoms with Crippen LogP contribution in [0.5, 0.6) is 0 Å². The fraction of sp³-hybridized carbons (Fsp3) is 0.867. The molecule has 2 aliphatic rings. The topological polar surface area (TPSA) is 52.7 Å². The molecule has 2 fully saturated rings. The molecule has 1 unspecified atom stereocenters. The Kier molecular flexibility index (Phi) is 4.37. The molecule has 5 heteroatoms. The van der Waals surface area contributed by atoms with Crippen LogP contribution >= 0.6 is 0 Å². The van der Waals surface area contributed by atoms with E-state index in [4.69, 9.17) is 0 Å². The van der Waals surface area contributed by atoms with Gasteiger partial charge in [-0.15, -0.1) is 0 Å². The van der Waals surface area contributed by atoms with Gasteiger partial charge in [-0.05, 0) is 12.8 Å². The van der Waals surface area contributed by atoms with Gasteiger partial charge in [0, 0.05) is 38.9 Å². The minimum Gasteiger partial charge on any atom is -0.342 e. The predicted molar refractivity (Wildman–Crippen MR) is 78.0 cm³/mol. The van der Waals surface area contributed by atoms with E-state index in [2.05, 4.69) is 19.2 Å². The number of likely N-dealkylation sites (tertiary alicyclic amines) is 1. The van der Waals surface area contributed by atoms with Crippen molar-refractivity contribution in [2.45, 2.75) is 58.7 Å². The third kappa shape index (κ3) is 2.68. The summed E-state index contributed by atoms with van der Waals surface area (Å²) in [7, 11) is 0. The number of hydrogen-bond acceptors (Lipinski definition) is 3. The van der Waals surface area contributed by atoms with Crippen molar-refractivity contribution < 1.29 is 9.59 Å². The first-order chi connectivity index (χ1) is 9.39. The van der Waals surface area contributed by atoms with Crippen molar-refractivity contribution in [3.8, 4) is 0 Å². The maximum Gasteiger partial charge on any atom is 0.240 e. The Labute approximate surface area is 121 Å². The van der Waals surface area contributed by atoms with Crippen LogP contribution in [0, 0.1) is 5.92 Å². The number of piperidine rings is 1. The second-order valence-corrected chi connectivity index (χ2v) is 6.47. The van der Waals surface area contributed by atoms with E-state index < -0.39 is 0 Å². The third-order valence-electron chi connectivity index (χ3n) is 4.43. The van der Waals surface area contributed by atoms with Crippen molar-refractivity contribution >= 4 is 11.8 Å². The lowest BCUT2D eigenvalue weighted by Gasteiger charge is -2.45. The Morgan fingerprint density at radius 1 is 1.40 bits per heavy atom. The normalized spacial score (nSPS) is 25.9. The van der Waals surface area contributed by atoms with Crippen molar-refractivity contribution in [2.24, 2.45) is 5.92 Å². The molecule has 0 saturated carbocycles. The van der Waals surface area contributed by atoms with Gasteiger partial charge in [-0.2, -0.15) is 0 Å². The molecule has 1 spiro atoms. The van der Waals surface area contributed by atoms with Crippen LogP contribution in [0.1, 0.15) is 47.0 Å². The van der Waals surface area contributed by atoms with E-state index in [1.807, 2.05) is 23.6 Å². The molecule has 2 amide bonds. The van der Waals surface area contributed by atoms with Gasteiger partial charge in [-0.1, -0.05) is 20.8 Å². The average Bonchev–Trinajstić information content (AvgIpc) is 2.63. The Morgan fingerprint density at radius 2 is 2.00 bits per heavy atom. The van der Waals surface area contributed by atoms with Gasteiger partial charge >= 0.3 is 0 Å². The molecule has 0 bridgehead atoms. The molecule has 2 aliphatic heterocycles. The van der Waals surface area contributed by atoms with E-state index in [0.29, 0.717) is 12.3 Å². The fourth-order valence-electron chi connectivity index (χ4n) is 3.38. The fourth-order valence-corrected chi connectivity index (χ4v) is 3.38. The maximum atomic E-state index is 12.4. The lowest BCUT2D eigenvalue weighted by atomic mass is 9.95. The summed E-state index contributed by atoms with van der Waals surface area (Å²) >= 11 is 0. The molecule has 0 aliphatic carbocycles. The van der Waals surface area contributed by atoms with E-state index in [1.165, 1.54) is 0 Å². The van der Waals surface area contributed by atoms with Gasteiger partial charge in [0.05, 0.1) is 11.7 Å². The Bertz CT molecular complexity index is 387. The number of amides is 2. The lowest BCUT2D eigenvalue weighted by molar-refractivity contribution is -0.137. The lowest BCUT2D eigenvalue weighted by Crippen LogP contribution is -2.60. The number of carbonyl (C=O) groups excluding carboxylic acids is 2. The summed E-state index contributed by atoms with van der Waals surface area (Å²) in [6, 6.07) is -0.109. The molecule has 2 saturated heterocycles. The van der Waals surface area contributed by atoms with Crippen molar-refractivity contribution in [1.29, 1.82) is 0 Å². The molecular formula is C15H27N3O2. The summed E-state index contributed by atoms with van der Waals surface area (Å²) in [6.07, 6.45) is 2.23. The van der Waals surface area contributed by atoms with Crippen LogP contribution in [0.2, 0.25) is 0 Å². The first kappa shape index (κ1) is 15.3. The smallest absolute Gasteiger partial charge is 0.240 e. The van der Waals surface area contributed by atoms with Gasteiger partial charge < -0.3 is 9.80 Å². The molecular weight excluding hydrogens is 254 g/mol. The molecule has 0 aromatic heterocycles. The zero-order valence-electron chi connectivity index (χ0n) is 13.1. The van der Waals surface area contributed by atoms with Crippen LogP contribution in [-0.4, -0.2) is 53.0 Å². The second kappa shape index (κ2) is 5.72. The molecule has 2 heterocycles. The SMILES string of the molecule is CCC(=O)N1CCC2(CC1)NC(C)C(=O)N2CC(C)C. The molecule has 0 radical (unpaired) electrons. The predicted octanol–water partition coefficient (Wildman–Crippen LogP) is 1.19. The summed E-state index contributed by atoms with van der Waals surface area (Å²) in [5, 5.41) is 3.49. The van der Waals surface area contributed by atoms with Crippen molar-refractivity contribution in [3.63, 3.8) is 0 Å². The maximum absolute atomic E-state index is 12.4. The summed E-state index contributed by atoms with van der Waals surface area (Å²) in [5.74, 6) is 0.875. The molecule has 5 nitrogen and oxygen atoms in total. The number of nitrogens with one attached hydrogen (secondary N) is 1. The van der Waals surface area contributed by atoms with E-state index in [-0.39, 0.29) is 23.5 Å². The Morgan fingerprint density at radius 3 is 2.50 bits per heavy atom. The number of carbonyl (C=O) groups is 2. The minimum atomic E-state index is -0.231. The number of nitrogens with zero attached hydrogens (tertiary/aromatic N) is 2. The highest BCUT2D eigenvalue weighted by molar-refractivity contribution is 5.85. The molecule has 1 atom stereocenters. The van der Waals surface area contributed by atoms with Gasteiger partial charge in [0.1, 0.15) is 0 Å². The van der Waals surface area contributed by atoms with Crippen LogP contribution in [0.25, 0.3) is 0 Å². The van der Waals surface area contributed by atoms with Crippen molar-refractivity contribution in [1.82, 2.24) is 15.1 Å². The van der Waals surface area contributed by atoms with Gasteiger partial charge in [0.15, 0.2) is 0 Å². The zero-order chi connectivity index (χ0) is 14.9.